The molecule has 0 saturated heterocycles. The topological polar surface area (TPSA) is 52.2 Å². The average molecular weight is 344 g/mol. The van der Waals surface area contributed by atoms with Crippen LogP contribution in [0.2, 0.25) is 0 Å². The van der Waals surface area contributed by atoms with Crippen molar-refractivity contribution >= 4 is 5.91 Å². The van der Waals surface area contributed by atoms with Gasteiger partial charge in [0.15, 0.2) is 0 Å². The van der Waals surface area contributed by atoms with Crippen molar-refractivity contribution < 1.29 is 9.18 Å². The number of rotatable bonds is 5. The van der Waals surface area contributed by atoms with Gasteiger partial charge in [0.25, 0.3) is 0 Å². The molecule has 1 aromatic carbocycles. The van der Waals surface area contributed by atoms with Gasteiger partial charge in [0, 0.05) is 12.7 Å². The number of likely N-dealkylation sites (N-methyl/N-ethyl adjacent to an activating group) is 2. The molecule has 134 valence electrons. The molecule has 0 unspecified atom stereocenters. The number of carbonyl (C=O) groups is 1. The van der Waals surface area contributed by atoms with Gasteiger partial charge in [-0.25, -0.2) is 4.39 Å². The van der Waals surface area contributed by atoms with E-state index in [-0.39, 0.29) is 11.7 Å². The van der Waals surface area contributed by atoms with E-state index < -0.39 is 6.04 Å². The Morgan fingerprint density at radius 1 is 1.20 bits per heavy atom. The molecule has 0 radical (unpaired) electrons. The highest BCUT2D eigenvalue weighted by molar-refractivity contribution is 5.83. The standard InChI is InChI=1S/C19H25FN4O/c1-23(2)18(13-8-10-14(20)11-9-13)19(25)24(3)12-17-15-6-4-5-7-16(15)21-22-17/h8-11,18H,4-7,12H2,1-3H3,(H,21,22)/t18-/m0/s1. The Morgan fingerprint density at radius 2 is 1.88 bits per heavy atom. The molecule has 0 saturated carbocycles. The largest absolute Gasteiger partial charge is 0.338 e. The number of hydrogen-bond acceptors (Lipinski definition) is 3. The molecule has 25 heavy (non-hydrogen) atoms. The summed E-state index contributed by atoms with van der Waals surface area (Å²) in [5, 5.41) is 7.55. The molecule has 6 heteroatoms. The number of nitrogens with one attached hydrogen (secondary N) is 1. The number of aryl methyl sites for hydroxylation is 1. The van der Waals surface area contributed by atoms with Crippen LogP contribution in [-0.2, 0) is 24.2 Å². The number of halogens is 1. The number of aromatic amines is 1. The first-order valence-corrected chi connectivity index (χ1v) is 8.69. The number of H-pyrrole nitrogens is 1. The summed E-state index contributed by atoms with van der Waals surface area (Å²) in [7, 11) is 5.51. The zero-order chi connectivity index (χ0) is 18.0. The predicted molar refractivity (Wildman–Crippen MR) is 94.5 cm³/mol. The fourth-order valence-corrected chi connectivity index (χ4v) is 3.50. The maximum Gasteiger partial charge on any atom is 0.244 e. The second-order valence-corrected chi connectivity index (χ2v) is 6.95. The Kier molecular flexibility index (Phi) is 5.18. The van der Waals surface area contributed by atoms with E-state index in [2.05, 4.69) is 10.2 Å². The quantitative estimate of drug-likeness (QED) is 0.907. The molecule has 1 aliphatic carbocycles. The minimum Gasteiger partial charge on any atom is -0.338 e. The Bertz CT molecular complexity index is 738. The summed E-state index contributed by atoms with van der Waals surface area (Å²) in [4.78, 5) is 16.6. The lowest BCUT2D eigenvalue weighted by molar-refractivity contribution is -0.135. The Balaban J connectivity index is 1.77. The number of hydrogen-bond donors (Lipinski definition) is 1. The summed E-state index contributed by atoms with van der Waals surface area (Å²) in [6, 6.07) is 5.68. The molecular weight excluding hydrogens is 319 g/mol. The van der Waals surface area contributed by atoms with Gasteiger partial charge < -0.3 is 4.90 Å². The fraction of sp³-hybridized carbons (Fsp3) is 0.474. The monoisotopic (exact) mass is 344 g/mol. The van der Waals surface area contributed by atoms with Crippen LogP contribution in [0.1, 0.15) is 41.4 Å². The molecule has 1 heterocycles. The van der Waals surface area contributed by atoms with Gasteiger partial charge in [-0.1, -0.05) is 12.1 Å². The third kappa shape index (κ3) is 3.74. The van der Waals surface area contributed by atoms with Gasteiger partial charge in [0.2, 0.25) is 5.91 Å². The SMILES string of the molecule is CN(Cc1n[nH]c2c1CCCC2)C(=O)[C@H](c1ccc(F)cc1)N(C)C. The highest BCUT2D eigenvalue weighted by Gasteiger charge is 2.27. The summed E-state index contributed by atoms with van der Waals surface area (Å²) in [5.74, 6) is -0.325. The smallest absolute Gasteiger partial charge is 0.244 e. The normalized spacial score (nSPS) is 15.1. The molecule has 3 rings (SSSR count). The van der Waals surface area contributed by atoms with Crippen LogP contribution in [0, 0.1) is 5.82 Å². The molecule has 5 nitrogen and oxygen atoms in total. The van der Waals surface area contributed by atoms with E-state index in [1.165, 1.54) is 36.2 Å². The molecule has 1 N–H and O–H groups in total. The van der Waals surface area contributed by atoms with Crippen LogP contribution in [-0.4, -0.2) is 47.0 Å². The van der Waals surface area contributed by atoms with Crippen molar-refractivity contribution in [2.75, 3.05) is 21.1 Å². The van der Waals surface area contributed by atoms with Crippen LogP contribution in [0.5, 0.6) is 0 Å². The van der Waals surface area contributed by atoms with Crippen LogP contribution in [0.15, 0.2) is 24.3 Å². The highest BCUT2D eigenvalue weighted by atomic mass is 19.1. The molecule has 0 fully saturated rings. The van der Waals surface area contributed by atoms with Crippen molar-refractivity contribution in [1.82, 2.24) is 20.0 Å². The number of amides is 1. The average Bonchev–Trinajstić information content (AvgIpc) is 2.99. The Hall–Kier alpha value is -2.21. The number of fused-ring (bicyclic) bond motifs is 1. The molecular formula is C19H25FN4O. The number of aromatic nitrogens is 2. The second kappa shape index (κ2) is 7.35. The van der Waals surface area contributed by atoms with E-state index in [0.717, 1.165) is 24.1 Å². The lowest BCUT2D eigenvalue weighted by Gasteiger charge is -2.28. The third-order valence-corrected chi connectivity index (χ3v) is 4.84. The van der Waals surface area contributed by atoms with Crippen molar-refractivity contribution in [1.29, 1.82) is 0 Å². The van der Waals surface area contributed by atoms with E-state index in [4.69, 9.17) is 0 Å². The van der Waals surface area contributed by atoms with E-state index in [9.17, 15) is 9.18 Å². The first kappa shape index (κ1) is 17.6. The molecule has 0 aliphatic heterocycles. The number of benzene rings is 1. The zero-order valence-corrected chi connectivity index (χ0v) is 15.1. The zero-order valence-electron chi connectivity index (χ0n) is 15.1. The van der Waals surface area contributed by atoms with Crippen LogP contribution in [0.25, 0.3) is 0 Å². The Morgan fingerprint density at radius 3 is 2.56 bits per heavy atom. The summed E-state index contributed by atoms with van der Waals surface area (Å²) in [5.41, 5.74) is 4.23. The summed E-state index contributed by atoms with van der Waals surface area (Å²) < 4.78 is 13.2. The van der Waals surface area contributed by atoms with Crippen molar-refractivity contribution in [3.63, 3.8) is 0 Å². The van der Waals surface area contributed by atoms with E-state index in [1.807, 2.05) is 19.0 Å². The third-order valence-electron chi connectivity index (χ3n) is 4.84. The van der Waals surface area contributed by atoms with Gasteiger partial charge in [0.1, 0.15) is 11.9 Å². The van der Waals surface area contributed by atoms with Crippen LogP contribution < -0.4 is 0 Å². The molecule has 1 amide bonds. The number of nitrogens with zero attached hydrogens (tertiary/aromatic N) is 3. The highest BCUT2D eigenvalue weighted by Crippen LogP contribution is 2.25. The van der Waals surface area contributed by atoms with Crippen molar-refractivity contribution in [2.45, 2.75) is 38.3 Å². The van der Waals surface area contributed by atoms with Gasteiger partial charge in [0.05, 0.1) is 12.2 Å². The lowest BCUT2D eigenvalue weighted by Crippen LogP contribution is -2.38. The molecule has 0 spiro atoms. The van der Waals surface area contributed by atoms with Crippen molar-refractivity contribution in [3.05, 3.63) is 52.6 Å². The number of carbonyl (C=O) groups excluding carboxylic acids is 1. The van der Waals surface area contributed by atoms with E-state index in [1.54, 1.807) is 24.1 Å². The minimum absolute atomic E-state index is 0.0239. The second-order valence-electron chi connectivity index (χ2n) is 6.95. The van der Waals surface area contributed by atoms with E-state index in [0.29, 0.717) is 6.54 Å². The predicted octanol–water partition coefficient (Wildman–Crippen LogP) is 2.69. The van der Waals surface area contributed by atoms with E-state index >= 15 is 0 Å². The van der Waals surface area contributed by atoms with Crippen molar-refractivity contribution in [2.24, 2.45) is 0 Å². The van der Waals surface area contributed by atoms with Gasteiger partial charge in [-0.2, -0.15) is 5.10 Å². The van der Waals surface area contributed by atoms with Crippen LogP contribution >= 0.6 is 0 Å². The first-order chi connectivity index (χ1) is 12.0. The minimum atomic E-state index is -0.444. The summed E-state index contributed by atoms with van der Waals surface area (Å²) in [6.45, 7) is 0.482. The maximum atomic E-state index is 13.2. The van der Waals surface area contributed by atoms with Gasteiger partial charge >= 0.3 is 0 Å². The van der Waals surface area contributed by atoms with Crippen LogP contribution in [0.3, 0.4) is 0 Å². The van der Waals surface area contributed by atoms with Gasteiger partial charge in [-0.15, -0.1) is 0 Å². The molecule has 1 atom stereocenters. The van der Waals surface area contributed by atoms with Gasteiger partial charge in [-0.3, -0.25) is 14.8 Å². The maximum absolute atomic E-state index is 13.2. The van der Waals surface area contributed by atoms with Gasteiger partial charge in [-0.05, 0) is 63.0 Å². The molecule has 0 bridgehead atoms. The van der Waals surface area contributed by atoms with Crippen molar-refractivity contribution in [3.8, 4) is 0 Å². The fourth-order valence-electron chi connectivity index (χ4n) is 3.50. The molecule has 1 aromatic heterocycles. The molecule has 2 aromatic rings. The Labute approximate surface area is 147 Å². The first-order valence-electron chi connectivity index (χ1n) is 8.69. The lowest BCUT2D eigenvalue weighted by atomic mass is 9.95. The summed E-state index contributed by atoms with van der Waals surface area (Å²) in [6.07, 6.45) is 4.43. The van der Waals surface area contributed by atoms with Crippen LogP contribution in [0.4, 0.5) is 4.39 Å². The summed E-state index contributed by atoms with van der Waals surface area (Å²) >= 11 is 0. The molecule has 1 aliphatic rings.